The fourth-order valence-electron chi connectivity index (χ4n) is 4.29. The molecule has 1 aromatic heterocycles. The zero-order valence-corrected chi connectivity index (χ0v) is 15.8. The minimum Gasteiger partial charge on any atom is -0.392 e. The highest BCUT2D eigenvalue weighted by Gasteiger charge is 2.30. The maximum Gasteiger partial charge on any atom is 0.291 e. The number of likely N-dealkylation sites (tertiary alicyclic amines) is 1. The first-order valence-electron chi connectivity index (χ1n) is 10.2. The van der Waals surface area contributed by atoms with E-state index in [0.717, 1.165) is 50.0 Å². The molecule has 1 atom stereocenters. The lowest BCUT2D eigenvalue weighted by atomic mass is 9.88. The summed E-state index contributed by atoms with van der Waals surface area (Å²) in [6, 6.07) is 10.1. The molecule has 1 saturated heterocycles. The van der Waals surface area contributed by atoms with Gasteiger partial charge in [0.05, 0.1) is 6.10 Å². The number of benzene rings is 1. The average Bonchev–Trinajstić information content (AvgIpc) is 2.96. The number of carbonyl (C=O) groups is 1. The Labute approximate surface area is 160 Å². The van der Waals surface area contributed by atoms with Crippen LogP contribution in [0.4, 0.5) is 0 Å². The second-order valence-electron chi connectivity index (χ2n) is 7.79. The summed E-state index contributed by atoms with van der Waals surface area (Å²) in [7, 11) is 0. The molecular weight excluding hydrogens is 340 g/mol. The topological polar surface area (TPSA) is 71.2 Å². The van der Waals surface area contributed by atoms with Gasteiger partial charge in [-0.25, -0.2) is 0 Å². The number of nitrogens with zero attached hydrogens (tertiary/aromatic N) is 4. The number of fused-ring (bicyclic) bond motifs is 1. The number of aliphatic hydroxyl groups excluding tert-OH is 1. The minimum absolute atomic E-state index is 0.00773. The third kappa shape index (κ3) is 4.05. The first kappa shape index (κ1) is 18.2. The third-order valence-electron chi connectivity index (χ3n) is 5.96. The predicted octanol–water partition coefficient (Wildman–Crippen LogP) is 2.46. The zero-order valence-electron chi connectivity index (χ0n) is 15.8. The Hall–Kier alpha value is -2.21. The molecule has 2 aromatic rings. The van der Waals surface area contributed by atoms with Crippen LogP contribution >= 0.6 is 0 Å². The summed E-state index contributed by atoms with van der Waals surface area (Å²) in [5.41, 5.74) is 1.16. The highest BCUT2D eigenvalue weighted by Crippen LogP contribution is 2.24. The van der Waals surface area contributed by atoms with E-state index in [0.29, 0.717) is 25.3 Å². The Morgan fingerprint density at radius 3 is 2.63 bits per heavy atom. The van der Waals surface area contributed by atoms with Crippen LogP contribution in [0.2, 0.25) is 0 Å². The maximum absolute atomic E-state index is 13.0. The van der Waals surface area contributed by atoms with Crippen LogP contribution in [0, 0.1) is 5.92 Å². The molecule has 6 nitrogen and oxygen atoms in total. The lowest BCUT2D eigenvalue weighted by Gasteiger charge is -2.34. The molecular formula is C21H28N4O2. The van der Waals surface area contributed by atoms with Gasteiger partial charge in [0.2, 0.25) is 5.82 Å². The van der Waals surface area contributed by atoms with Gasteiger partial charge in [0.1, 0.15) is 5.82 Å². The van der Waals surface area contributed by atoms with Crippen molar-refractivity contribution in [3.8, 4) is 0 Å². The van der Waals surface area contributed by atoms with E-state index in [1.165, 1.54) is 6.42 Å². The first-order chi connectivity index (χ1) is 13.2. The summed E-state index contributed by atoms with van der Waals surface area (Å²) in [6.07, 6.45) is 6.29. The molecule has 0 aliphatic carbocycles. The number of hydrogen-bond donors (Lipinski definition) is 1. The monoisotopic (exact) mass is 368 g/mol. The smallest absolute Gasteiger partial charge is 0.291 e. The molecule has 0 spiro atoms. The molecule has 1 amide bonds. The summed E-state index contributed by atoms with van der Waals surface area (Å²) in [4.78, 5) is 14.8. The first-order valence-corrected chi connectivity index (χ1v) is 10.2. The van der Waals surface area contributed by atoms with Crippen molar-refractivity contribution in [2.24, 2.45) is 5.92 Å². The van der Waals surface area contributed by atoms with E-state index in [9.17, 15) is 9.90 Å². The Bertz CT molecular complexity index is 766. The van der Waals surface area contributed by atoms with Crippen molar-refractivity contribution in [2.75, 3.05) is 13.1 Å². The van der Waals surface area contributed by atoms with Gasteiger partial charge < -0.3 is 14.6 Å². The normalized spacial score (nSPS) is 19.4. The molecule has 0 radical (unpaired) electrons. The van der Waals surface area contributed by atoms with Gasteiger partial charge in [-0.05, 0) is 43.6 Å². The molecule has 0 bridgehead atoms. The second-order valence-corrected chi connectivity index (χ2v) is 7.79. The predicted molar refractivity (Wildman–Crippen MR) is 102 cm³/mol. The van der Waals surface area contributed by atoms with Crippen LogP contribution < -0.4 is 0 Å². The Morgan fingerprint density at radius 1 is 1.07 bits per heavy atom. The van der Waals surface area contributed by atoms with Gasteiger partial charge in [0.25, 0.3) is 5.91 Å². The number of amides is 1. The van der Waals surface area contributed by atoms with E-state index in [4.69, 9.17) is 0 Å². The maximum atomic E-state index is 13.0. The summed E-state index contributed by atoms with van der Waals surface area (Å²) in [5.74, 6) is 1.68. The van der Waals surface area contributed by atoms with Gasteiger partial charge in [0.15, 0.2) is 0 Å². The Kier molecular flexibility index (Phi) is 5.53. The number of rotatable bonds is 4. The van der Waals surface area contributed by atoms with Crippen LogP contribution in [0.1, 0.15) is 54.1 Å². The molecule has 1 fully saturated rings. The van der Waals surface area contributed by atoms with Crippen molar-refractivity contribution in [2.45, 2.75) is 57.6 Å². The molecule has 0 saturated carbocycles. The standard InChI is InChI=1S/C21H28N4O2/c26-18(15-16-7-3-1-4-8-16)17-10-13-24(14-11-17)21(27)20-23-22-19-9-5-2-6-12-25(19)20/h1,3-4,7-8,17-18,26H,2,5-6,9-15H2. The summed E-state index contributed by atoms with van der Waals surface area (Å²) < 4.78 is 2.02. The molecule has 2 aliphatic heterocycles. The average molecular weight is 368 g/mol. The lowest BCUT2D eigenvalue weighted by Crippen LogP contribution is -2.42. The fourth-order valence-corrected chi connectivity index (χ4v) is 4.29. The third-order valence-corrected chi connectivity index (χ3v) is 5.96. The van der Waals surface area contributed by atoms with Gasteiger partial charge in [-0.2, -0.15) is 0 Å². The van der Waals surface area contributed by atoms with E-state index >= 15 is 0 Å². The summed E-state index contributed by atoms with van der Waals surface area (Å²) >= 11 is 0. The van der Waals surface area contributed by atoms with Crippen LogP contribution in [0.25, 0.3) is 0 Å². The van der Waals surface area contributed by atoms with Gasteiger partial charge in [-0.3, -0.25) is 4.79 Å². The molecule has 4 rings (SSSR count). The highest BCUT2D eigenvalue weighted by molar-refractivity contribution is 5.90. The summed E-state index contributed by atoms with van der Waals surface area (Å²) in [6.45, 7) is 2.20. The summed E-state index contributed by atoms with van der Waals surface area (Å²) in [5, 5.41) is 19.0. The second kappa shape index (κ2) is 8.21. The number of piperidine rings is 1. The van der Waals surface area contributed by atoms with Crippen LogP contribution in [0.3, 0.4) is 0 Å². The van der Waals surface area contributed by atoms with Crippen LogP contribution in [-0.2, 0) is 19.4 Å². The van der Waals surface area contributed by atoms with E-state index in [1.54, 1.807) is 0 Å². The minimum atomic E-state index is -0.353. The molecule has 1 N–H and O–H groups in total. The lowest BCUT2D eigenvalue weighted by molar-refractivity contribution is 0.0456. The van der Waals surface area contributed by atoms with Gasteiger partial charge in [0, 0.05) is 26.1 Å². The SMILES string of the molecule is O=C(c1nnc2n1CCCCC2)N1CCC(C(O)Cc2ccccc2)CC1. The largest absolute Gasteiger partial charge is 0.392 e. The van der Waals surface area contributed by atoms with Crippen molar-refractivity contribution in [3.05, 3.63) is 47.5 Å². The number of aliphatic hydroxyl groups is 1. The van der Waals surface area contributed by atoms with E-state index < -0.39 is 0 Å². The van der Waals surface area contributed by atoms with Gasteiger partial charge in [-0.1, -0.05) is 36.8 Å². The quantitative estimate of drug-likeness (QED) is 0.900. The Balaban J connectivity index is 1.35. The number of aryl methyl sites for hydroxylation is 1. The molecule has 3 heterocycles. The van der Waals surface area contributed by atoms with E-state index in [2.05, 4.69) is 22.3 Å². The van der Waals surface area contributed by atoms with Crippen molar-refractivity contribution >= 4 is 5.91 Å². The highest BCUT2D eigenvalue weighted by atomic mass is 16.3. The van der Waals surface area contributed by atoms with Crippen LogP contribution in [0.15, 0.2) is 30.3 Å². The van der Waals surface area contributed by atoms with Crippen molar-refractivity contribution in [1.82, 2.24) is 19.7 Å². The fraction of sp³-hybridized carbons (Fsp3) is 0.571. The van der Waals surface area contributed by atoms with Crippen LogP contribution in [-0.4, -0.2) is 49.9 Å². The molecule has 2 aliphatic rings. The van der Waals surface area contributed by atoms with E-state index in [-0.39, 0.29) is 17.9 Å². The van der Waals surface area contributed by atoms with Crippen molar-refractivity contribution < 1.29 is 9.90 Å². The number of hydrogen-bond acceptors (Lipinski definition) is 4. The van der Waals surface area contributed by atoms with Gasteiger partial charge in [-0.15, -0.1) is 10.2 Å². The molecule has 27 heavy (non-hydrogen) atoms. The Morgan fingerprint density at radius 2 is 1.85 bits per heavy atom. The molecule has 1 unspecified atom stereocenters. The van der Waals surface area contributed by atoms with Crippen LogP contribution in [0.5, 0.6) is 0 Å². The molecule has 1 aromatic carbocycles. The van der Waals surface area contributed by atoms with E-state index in [1.807, 2.05) is 27.7 Å². The number of aromatic nitrogens is 3. The molecule has 144 valence electrons. The number of carbonyl (C=O) groups excluding carboxylic acids is 1. The zero-order chi connectivity index (χ0) is 18.6. The van der Waals surface area contributed by atoms with Gasteiger partial charge >= 0.3 is 0 Å². The molecule has 6 heteroatoms. The van der Waals surface area contributed by atoms with Crippen molar-refractivity contribution in [3.63, 3.8) is 0 Å². The van der Waals surface area contributed by atoms with Crippen molar-refractivity contribution in [1.29, 1.82) is 0 Å².